The van der Waals surface area contributed by atoms with E-state index >= 15 is 0 Å². The Labute approximate surface area is 181 Å². The molecule has 0 unspecified atom stereocenters. The van der Waals surface area contributed by atoms with Crippen molar-refractivity contribution in [2.75, 3.05) is 74.5 Å². The molecule has 0 radical (unpaired) electrons. The Morgan fingerprint density at radius 2 is 1.47 bits per heavy atom. The van der Waals surface area contributed by atoms with Crippen LogP contribution in [0.25, 0.3) is 0 Å². The smallest absolute Gasteiger partial charge is 0.100 e. The number of hydrogen-bond acceptors (Lipinski definition) is 5. The first kappa shape index (κ1) is 22.0. The van der Waals surface area contributed by atoms with E-state index in [1.54, 1.807) is 0 Å². The Kier molecular flexibility index (Phi) is 7.24. The van der Waals surface area contributed by atoms with E-state index in [4.69, 9.17) is 11.5 Å². The van der Waals surface area contributed by atoms with E-state index < -0.39 is 0 Å². The maximum Gasteiger partial charge on any atom is 0.100 e. The summed E-state index contributed by atoms with van der Waals surface area (Å²) in [7, 11) is 0. The van der Waals surface area contributed by atoms with Crippen molar-refractivity contribution in [3.63, 3.8) is 0 Å². The normalized spacial score (nSPS) is 16.2. The van der Waals surface area contributed by atoms with Gasteiger partial charge >= 0.3 is 0 Å². The Morgan fingerprint density at radius 1 is 0.933 bits per heavy atom. The molecule has 0 saturated carbocycles. The van der Waals surface area contributed by atoms with Gasteiger partial charge in [-0.3, -0.25) is 9.38 Å². The molecule has 0 atom stereocenters. The van der Waals surface area contributed by atoms with E-state index in [2.05, 4.69) is 40.4 Å². The molecule has 0 spiro atoms. The van der Waals surface area contributed by atoms with Crippen molar-refractivity contribution in [1.82, 2.24) is 4.90 Å². The number of aryl methyl sites for hydroxylation is 2. The van der Waals surface area contributed by atoms with E-state index in [0.29, 0.717) is 0 Å². The van der Waals surface area contributed by atoms with Crippen LogP contribution < -0.4 is 22.1 Å². The summed E-state index contributed by atoms with van der Waals surface area (Å²) < 4.78 is 0.960. The summed E-state index contributed by atoms with van der Waals surface area (Å²) >= 11 is 0. The van der Waals surface area contributed by atoms with Crippen LogP contribution in [0.3, 0.4) is 0 Å². The quantitative estimate of drug-likeness (QED) is 0.378. The van der Waals surface area contributed by atoms with E-state index in [9.17, 15) is 0 Å². The summed E-state index contributed by atoms with van der Waals surface area (Å²) in [6, 6.07) is 12.3. The molecule has 1 fully saturated rings. The molecule has 2 aromatic rings. The summed E-state index contributed by atoms with van der Waals surface area (Å²) in [4.78, 5) is 2.54. The number of nitrogens with two attached hydrogens (primary N) is 2. The molecular weight excluding hydrogens is 372 g/mol. The highest BCUT2D eigenvalue weighted by molar-refractivity contribution is 5.57. The lowest BCUT2D eigenvalue weighted by Crippen LogP contribution is -2.58. The summed E-state index contributed by atoms with van der Waals surface area (Å²) in [5.74, 6) is 0. The number of rotatable bonds is 9. The van der Waals surface area contributed by atoms with Gasteiger partial charge in [0.05, 0.1) is 25.8 Å². The highest BCUT2D eigenvalue weighted by Gasteiger charge is 2.30. The van der Waals surface area contributed by atoms with Gasteiger partial charge in [0, 0.05) is 48.9 Å². The van der Waals surface area contributed by atoms with Crippen LogP contribution in [0.1, 0.15) is 11.1 Å². The molecular formula is C24H37N6+. The summed E-state index contributed by atoms with van der Waals surface area (Å²) in [6.45, 7) is 16.6. The number of quaternary nitrogens is 1. The third-order valence-electron chi connectivity index (χ3n) is 6.29. The molecule has 3 rings (SSSR count). The molecule has 0 bridgehead atoms. The van der Waals surface area contributed by atoms with Crippen molar-refractivity contribution in [1.29, 1.82) is 0 Å². The SMILES string of the molecule is C=C[N+]1(CCNc2ccc(N)c(C)c2)CCN(CCNc2ccc(N)c(C)c2)CC1. The number of nitrogens with one attached hydrogen (secondary N) is 2. The predicted octanol–water partition coefficient (Wildman–Crippen LogP) is 3.27. The first-order chi connectivity index (χ1) is 14.4. The van der Waals surface area contributed by atoms with Crippen LogP contribution in [0.2, 0.25) is 0 Å². The second kappa shape index (κ2) is 9.87. The molecule has 1 saturated heterocycles. The zero-order valence-corrected chi connectivity index (χ0v) is 18.5. The number of piperazine rings is 1. The monoisotopic (exact) mass is 409 g/mol. The Morgan fingerprint density at radius 3 is 1.97 bits per heavy atom. The third kappa shape index (κ3) is 5.68. The van der Waals surface area contributed by atoms with Crippen molar-refractivity contribution in [2.45, 2.75) is 13.8 Å². The second-order valence-electron chi connectivity index (χ2n) is 8.41. The van der Waals surface area contributed by atoms with Gasteiger partial charge in [0.2, 0.25) is 0 Å². The minimum Gasteiger partial charge on any atom is -0.399 e. The van der Waals surface area contributed by atoms with E-state index in [1.807, 2.05) is 38.1 Å². The average Bonchev–Trinajstić information content (AvgIpc) is 2.74. The van der Waals surface area contributed by atoms with Crippen LogP contribution in [0.5, 0.6) is 0 Å². The number of anilines is 4. The maximum absolute atomic E-state index is 5.91. The van der Waals surface area contributed by atoms with Crippen LogP contribution in [0.15, 0.2) is 49.2 Å². The first-order valence-electron chi connectivity index (χ1n) is 10.8. The summed E-state index contributed by atoms with van der Waals surface area (Å²) in [6.07, 6.45) is 2.13. The van der Waals surface area contributed by atoms with Crippen LogP contribution in [0, 0.1) is 13.8 Å². The standard InChI is InChI=1S/C24H37N6/c1-4-30(14-10-28-22-6-8-24(26)20(3)18-22)15-12-29(13-16-30)11-9-27-21-5-7-23(25)19(2)17-21/h4-8,17-18,27-28H,1,9-16,25-26H2,2-3H3/q+1. The number of nitrogens with zero attached hydrogens (tertiary/aromatic N) is 2. The summed E-state index contributed by atoms with van der Waals surface area (Å²) in [5, 5.41) is 7.05. The molecule has 1 heterocycles. The predicted molar refractivity (Wildman–Crippen MR) is 130 cm³/mol. The lowest BCUT2D eigenvalue weighted by molar-refractivity contribution is -0.882. The van der Waals surface area contributed by atoms with Gasteiger partial charge in [-0.1, -0.05) is 0 Å². The molecule has 1 aliphatic rings. The molecule has 30 heavy (non-hydrogen) atoms. The van der Waals surface area contributed by atoms with Crippen molar-refractivity contribution in [3.8, 4) is 0 Å². The fraction of sp³-hybridized carbons (Fsp3) is 0.417. The van der Waals surface area contributed by atoms with Gasteiger partial charge in [-0.25, -0.2) is 0 Å². The van der Waals surface area contributed by atoms with Crippen LogP contribution in [0.4, 0.5) is 22.7 Å². The molecule has 0 aliphatic carbocycles. The van der Waals surface area contributed by atoms with Crippen LogP contribution >= 0.6 is 0 Å². The van der Waals surface area contributed by atoms with Gasteiger partial charge in [-0.2, -0.15) is 0 Å². The minimum atomic E-state index is 0.840. The van der Waals surface area contributed by atoms with Gasteiger partial charge < -0.3 is 22.1 Å². The third-order valence-corrected chi connectivity index (χ3v) is 6.29. The largest absolute Gasteiger partial charge is 0.399 e. The minimum absolute atomic E-state index is 0.840. The number of hydrogen-bond donors (Lipinski definition) is 4. The number of benzene rings is 2. The van der Waals surface area contributed by atoms with Crippen molar-refractivity contribution in [2.24, 2.45) is 0 Å². The lowest BCUT2D eigenvalue weighted by atomic mass is 10.2. The molecule has 0 aromatic heterocycles. The summed E-state index contributed by atoms with van der Waals surface area (Å²) in [5.41, 5.74) is 18.0. The Balaban J connectivity index is 1.41. The van der Waals surface area contributed by atoms with E-state index in [0.717, 1.165) is 90.7 Å². The van der Waals surface area contributed by atoms with Gasteiger partial charge in [0.1, 0.15) is 6.54 Å². The van der Waals surface area contributed by atoms with Crippen molar-refractivity contribution >= 4 is 22.7 Å². The van der Waals surface area contributed by atoms with Crippen LogP contribution in [-0.4, -0.2) is 61.7 Å². The van der Waals surface area contributed by atoms with Gasteiger partial charge in [-0.05, 0) is 68.0 Å². The van der Waals surface area contributed by atoms with Gasteiger partial charge in [0.25, 0.3) is 0 Å². The highest BCUT2D eigenvalue weighted by Crippen LogP contribution is 2.19. The van der Waals surface area contributed by atoms with Crippen LogP contribution in [-0.2, 0) is 0 Å². The van der Waals surface area contributed by atoms with E-state index in [-0.39, 0.29) is 0 Å². The molecule has 6 nitrogen and oxygen atoms in total. The van der Waals surface area contributed by atoms with Crippen molar-refractivity contribution in [3.05, 3.63) is 60.3 Å². The zero-order valence-electron chi connectivity index (χ0n) is 18.5. The first-order valence-corrected chi connectivity index (χ1v) is 10.8. The van der Waals surface area contributed by atoms with Gasteiger partial charge in [0.15, 0.2) is 0 Å². The Bertz CT molecular complexity index is 855. The zero-order chi connectivity index (χ0) is 21.6. The maximum atomic E-state index is 5.91. The van der Waals surface area contributed by atoms with Crippen molar-refractivity contribution < 1.29 is 4.48 Å². The molecule has 2 aromatic carbocycles. The molecule has 6 N–H and O–H groups in total. The Hall–Kier alpha value is -2.70. The van der Waals surface area contributed by atoms with Gasteiger partial charge in [-0.15, -0.1) is 0 Å². The molecule has 6 heteroatoms. The topological polar surface area (TPSA) is 79.3 Å². The number of nitrogen functional groups attached to an aromatic ring is 2. The van der Waals surface area contributed by atoms with E-state index in [1.165, 1.54) is 0 Å². The fourth-order valence-electron chi connectivity index (χ4n) is 3.98. The lowest BCUT2D eigenvalue weighted by Gasteiger charge is -2.42. The highest BCUT2D eigenvalue weighted by atomic mass is 15.4. The fourth-order valence-corrected chi connectivity index (χ4v) is 3.98. The second-order valence-corrected chi connectivity index (χ2v) is 8.41. The average molecular weight is 410 g/mol. The molecule has 162 valence electrons. The molecule has 0 amide bonds. The molecule has 1 aliphatic heterocycles.